The molecule has 0 spiro atoms. The number of hydrogen-bond donors (Lipinski definition) is 2. The predicted octanol–water partition coefficient (Wildman–Crippen LogP) is 7.04. The van der Waals surface area contributed by atoms with E-state index in [4.69, 9.17) is 27.9 Å². The molecule has 0 aliphatic heterocycles. The number of carbonyl (C=O) groups is 2. The second-order valence-corrected chi connectivity index (χ2v) is 8.55. The van der Waals surface area contributed by atoms with Gasteiger partial charge in [-0.25, -0.2) is 4.79 Å². The van der Waals surface area contributed by atoms with Gasteiger partial charge < -0.3 is 10.1 Å². The molecule has 0 aromatic heterocycles. The summed E-state index contributed by atoms with van der Waals surface area (Å²) < 4.78 is 6.29. The maximum atomic E-state index is 12.3. The Balaban J connectivity index is 1.67. The van der Waals surface area contributed by atoms with E-state index in [9.17, 15) is 9.59 Å². The zero-order valence-electron chi connectivity index (χ0n) is 18.0. The molecule has 5 nitrogen and oxygen atoms in total. The van der Waals surface area contributed by atoms with Crippen molar-refractivity contribution < 1.29 is 14.3 Å². The van der Waals surface area contributed by atoms with Crippen molar-refractivity contribution in [1.82, 2.24) is 5.32 Å². The molecule has 0 saturated carbocycles. The highest BCUT2D eigenvalue weighted by atomic mass is 35.5. The fraction of sp³-hybridized carbons (Fsp3) is 0.200. The van der Waals surface area contributed by atoms with Crippen LogP contribution in [0, 0.1) is 12.8 Å². The largest absolute Gasteiger partial charge is 0.485 e. The normalized spacial score (nSPS) is 11.7. The number of rotatable bonds is 6. The SMILES string of the molecule is Cc1cc(NC(=O)NC(=O)c2ccccc2Cl)ccc1OC(c1ccc(Cl)cc1)C(C)C. The number of imide groups is 1. The first-order valence-electron chi connectivity index (χ1n) is 10.1. The van der Waals surface area contributed by atoms with Crippen LogP contribution < -0.4 is 15.4 Å². The summed E-state index contributed by atoms with van der Waals surface area (Å²) in [6.07, 6.45) is -0.152. The van der Waals surface area contributed by atoms with Crippen molar-refractivity contribution in [3.63, 3.8) is 0 Å². The Kier molecular flexibility index (Phi) is 7.78. The molecule has 32 heavy (non-hydrogen) atoms. The molecule has 7 heteroatoms. The van der Waals surface area contributed by atoms with Crippen molar-refractivity contribution in [2.45, 2.75) is 26.9 Å². The summed E-state index contributed by atoms with van der Waals surface area (Å²) in [6.45, 7) is 6.07. The maximum Gasteiger partial charge on any atom is 0.326 e. The van der Waals surface area contributed by atoms with Gasteiger partial charge in [0.25, 0.3) is 5.91 Å². The quantitative estimate of drug-likeness (QED) is 0.405. The van der Waals surface area contributed by atoms with Gasteiger partial charge in [0.1, 0.15) is 11.9 Å². The van der Waals surface area contributed by atoms with Crippen LogP contribution in [0.1, 0.15) is 41.4 Å². The van der Waals surface area contributed by atoms with E-state index in [1.165, 1.54) is 0 Å². The topological polar surface area (TPSA) is 67.4 Å². The molecule has 3 rings (SSSR count). The zero-order chi connectivity index (χ0) is 23.3. The summed E-state index contributed by atoms with van der Waals surface area (Å²) >= 11 is 12.0. The third-order valence-corrected chi connectivity index (χ3v) is 5.42. The van der Waals surface area contributed by atoms with Gasteiger partial charge in [0.2, 0.25) is 0 Å². The van der Waals surface area contributed by atoms with Crippen LogP contribution in [0.4, 0.5) is 10.5 Å². The number of amides is 3. The smallest absolute Gasteiger partial charge is 0.326 e. The Bertz CT molecular complexity index is 1110. The minimum absolute atomic E-state index is 0.152. The second-order valence-electron chi connectivity index (χ2n) is 7.70. The summed E-state index contributed by atoms with van der Waals surface area (Å²) in [5.41, 5.74) is 2.64. The fourth-order valence-corrected chi connectivity index (χ4v) is 3.56. The van der Waals surface area contributed by atoms with Gasteiger partial charge in [-0.1, -0.05) is 61.3 Å². The highest BCUT2D eigenvalue weighted by molar-refractivity contribution is 6.34. The molecular formula is C25H24Cl2N2O3. The van der Waals surface area contributed by atoms with E-state index >= 15 is 0 Å². The molecule has 0 heterocycles. The molecule has 0 fully saturated rings. The van der Waals surface area contributed by atoms with Crippen LogP contribution in [0.3, 0.4) is 0 Å². The third kappa shape index (κ3) is 6.02. The van der Waals surface area contributed by atoms with E-state index in [0.29, 0.717) is 16.5 Å². The maximum absolute atomic E-state index is 12.3. The van der Waals surface area contributed by atoms with Gasteiger partial charge >= 0.3 is 6.03 Å². The van der Waals surface area contributed by atoms with Crippen LogP contribution in [0.25, 0.3) is 0 Å². The van der Waals surface area contributed by atoms with E-state index in [0.717, 1.165) is 11.1 Å². The number of aryl methyl sites for hydroxylation is 1. The average Bonchev–Trinajstić information content (AvgIpc) is 2.74. The highest BCUT2D eigenvalue weighted by Crippen LogP contribution is 2.32. The van der Waals surface area contributed by atoms with Crippen molar-refractivity contribution in [2.75, 3.05) is 5.32 Å². The van der Waals surface area contributed by atoms with Crippen molar-refractivity contribution in [3.8, 4) is 5.75 Å². The minimum Gasteiger partial charge on any atom is -0.485 e. The van der Waals surface area contributed by atoms with E-state index < -0.39 is 11.9 Å². The monoisotopic (exact) mass is 470 g/mol. The average molecular weight is 471 g/mol. The Morgan fingerprint density at radius 3 is 2.25 bits per heavy atom. The molecule has 0 radical (unpaired) electrons. The summed E-state index contributed by atoms with van der Waals surface area (Å²) in [6, 6.07) is 18.8. The van der Waals surface area contributed by atoms with Gasteiger partial charge in [0.05, 0.1) is 10.6 Å². The lowest BCUT2D eigenvalue weighted by molar-refractivity contribution is 0.0967. The molecule has 3 aromatic rings. The number of nitrogens with one attached hydrogen (secondary N) is 2. The van der Waals surface area contributed by atoms with Crippen LogP contribution in [0.2, 0.25) is 10.0 Å². The van der Waals surface area contributed by atoms with Gasteiger partial charge in [-0.2, -0.15) is 0 Å². The summed E-state index contributed by atoms with van der Waals surface area (Å²) in [7, 11) is 0. The predicted molar refractivity (Wildman–Crippen MR) is 129 cm³/mol. The molecule has 0 aliphatic rings. The molecule has 1 unspecified atom stereocenters. The number of ether oxygens (including phenoxy) is 1. The van der Waals surface area contributed by atoms with E-state index in [-0.39, 0.29) is 22.6 Å². The molecule has 2 N–H and O–H groups in total. The van der Waals surface area contributed by atoms with Crippen molar-refractivity contribution in [3.05, 3.63) is 93.5 Å². The van der Waals surface area contributed by atoms with Gasteiger partial charge in [0, 0.05) is 10.7 Å². The summed E-state index contributed by atoms with van der Waals surface area (Å²) in [5.74, 6) is 0.360. The molecule has 1 atom stereocenters. The standard InChI is InChI=1S/C25H24Cl2N2O3/c1-15(2)23(17-8-10-18(26)11-9-17)32-22-13-12-19(14-16(22)3)28-25(31)29-24(30)20-6-4-5-7-21(20)27/h4-15,23H,1-3H3,(H2,28,29,30,31). The Hall–Kier alpha value is -3.02. The first kappa shape index (κ1) is 23.6. The zero-order valence-corrected chi connectivity index (χ0v) is 19.5. The fourth-order valence-electron chi connectivity index (χ4n) is 3.22. The van der Waals surface area contributed by atoms with Crippen molar-refractivity contribution >= 4 is 40.8 Å². The lowest BCUT2D eigenvalue weighted by Gasteiger charge is -2.24. The van der Waals surface area contributed by atoms with Crippen LogP contribution >= 0.6 is 23.2 Å². The number of anilines is 1. The van der Waals surface area contributed by atoms with E-state index in [1.807, 2.05) is 31.2 Å². The Morgan fingerprint density at radius 2 is 1.62 bits per heavy atom. The molecule has 0 aliphatic carbocycles. The van der Waals surface area contributed by atoms with Gasteiger partial charge in [-0.05, 0) is 66.4 Å². The second kappa shape index (κ2) is 10.5. The number of halogens is 2. The lowest BCUT2D eigenvalue weighted by atomic mass is 9.99. The molecule has 0 bridgehead atoms. The molecule has 3 amide bonds. The van der Waals surface area contributed by atoms with Crippen LogP contribution in [-0.4, -0.2) is 11.9 Å². The number of urea groups is 1. The Labute approximate surface area is 197 Å². The summed E-state index contributed by atoms with van der Waals surface area (Å²) in [5, 5.41) is 5.89. The van der Waals surface area contributed by atoms with Gasteiger partial charge in [0.15, 0.2) is 0 Å². The molecular weight excluding hydrogens is 447 g/mol. The first-order chi connectivity index (χ1) is 15.2. The minimum atomic E-state index is -0.649. The van der Waals surface area contributed by atoms with Crippen LogP contribution in [-0.2, 0) is 0 Å². The van der Waals surface area contributed by atoms with Crippen molar-refractivity contribution in [1.29, 1.82) is 0 Å². The number of carbonyl (C=O) groups excluding carboxylic acids is 2. The third-order valence-electron chi connectivity index (χ3n) is 4.84. The number of benzene rings is 3. The molecule has 0 saturated heterocycles. The van der Waals surface area contributed by atoms with Gasteiger partial charge in [-0.3, -0.25) is 10.1 Å². The van der Waals surface area contributed by atoms with Crippen LogP contribution in [0.15, 0.2) is 66.7 Å². The highest BCUT2D eigenvalue weighted by Gasteiger charge is 2.19. The lowest BCUT2D eigenvalue weighted by Crippen LogP contribution is -2.34. The summed E-state index contributed by atoms with van der Waals surface area (Å²) in [4.78, 5) is 24.5. The first-order valence-corrected chi connectivity index (χ1v) is 10.9. The molecule has 3 aromatic carbocycles. The number of hydrogen-bond acceptors (Lipinski definition) is 3. The van der Waals surface area contributed by atoms with E-state index in [1.54, 1.807) is 42.5 Å². The van der Waals surface area contributed by atoms with Gasteiger partial charge in [-0.15, -0.1) is 0 Å². The van der Waals surface area contributed by atoms with Crippen LogP contribution in [0.5, 0.6) is 5.75 Å². The molecule has 166 valence electrons. The van der Waals surface area contributed by atoms with E-state index in [2.05, 4.69) is 24.5 Å². The Morgan fingerprint density at radius 1 is 0.938 bits per heavy atom. The van der Waals surface area contributed by atoms with Crippen molar-refractivity contribution in [2.24, 2.45) is 5.92 Å².